The number of amides is 1. The Labute approximate surface area is 144 Å². The SMILES string of the molecule is CC(C)(C)OC(=O)NC(Cc1ccc(OP(=O)(O)O)c(N)c1)C(=O)O. The topological polar surface area (TPSA) is 168 Å². The number of carbonyl (C=O) groups excluding carboxylic acids is 1. The molecule has 0 fully saturated rings. The molecule has 0 aromatic heterocycles. The highest BCUT2D eigenvalue weighted by atomic mass is 31.2. The molecular weight excluding hydrogens is 355 g/mol. The van der Waals surface area contributed by atoms with Crippen molar-refractivity contribution in [3.8, 4) is 5.75 Å². The van der Waals surface area contributed by atoms with Gasteiger partial charge in [0.05, 0.1) is 5.69 Å². The number of carboxylic acid groups (broad SMARTS) is 1. The van der Waals surface area contributed by atoms with Crippen LogP contribution in [0, 0.1) is 0 Å². The second-order valence-corrected chi connectivity index (χ2v) is 7.36. The number of anilines is 1. The summed E-state index contributed by atoms with van der Waals surface area (Å²) in [5.41, 5.74) is 5.19. The molecule has 140 valence electrons. The van der Waals surface area contributed by atoms with Gasteiger partial charge in [0.1, 0.15) is 11.6 Å². The van der Waals surface area contributed by atoms with Crippen LogP contribution in [-0.2, 0) is 20.5 Å². The molecule has 1 rings (SSSR count). The maximum absolute atomic E-state index is 11.7. The lowest BCUT2D eigenvalue weighted by Gasteiger charge is -2.22. The summed E-state index contributed by atoms with van der Waals surface area (Å²) in [5, 5.41) is 11.5. The highest BCUT2D eigenvalue weighted by molar-refractivity contribution is 7.46. The monoisotopic (exact) mass is 376 g/mol. The minimum absolute atomic E-state index is 0.0813. The fourth-order valence-electron chi connectivity index (χ4n) is 1.82. The first-order valence-corrected chi connectivity index (χ1v) is 8.66. The van der Waals surface area contributed by atoms with E-state index in [-0.39, 0.29) is 17.9 Å². The zero-order chi connectivity index (χ0) is 19.4. The number of alkyl carbamates (subject to hydrolysis) is 1. The van der Waals surface area contributed by atoms with Gasteiger partial charge < -0.3 is 25.4 Å². The van der Waals surface area contributed by atoms with Crippen LogP contribution in [0.1, 0.15) is 26.3 Å². The molecule has 0 radical (unpaired) electrons. The van der Waals surface area contributed by atoms with Gasteiger partial charge in [-0.1, -0.05) is 6.07 Å². The third-order valence-corrected chi connectivity index (χ3v) is 3.15. The molecule has 0 saturated carbocycles. The molecule has 0 saturated heterocycles. The van der Waals surface area contributed by atoms with Gasteiger partial charge in [0.15, 0.2) is 5.75 Å². The van der Waals surface area contributed by atoms with E-state index in [2.05, 4.69) is 9.84 Å². The van der Waals surface area contributed by atoms with Crippen LogP contribution in [0.2, 0.25) is 0 Å². The quantitative estimate of drug-likeness (QED) is 0.362. The Morgan fingerprint density at radius 1 is 1.32 bits per heavy atom. The van der Waals surface area contributed by atoms with Crippen molar-refractivity contribution in [1.82, 2.24) is 5.32 Å². The molecule has 0 aliphatic rings. The summed E-state index contributed by atoms with van der Waals surface area (Å²) in [6, 6.07) is 2.62. The highest BCUT2D eigenvalue weighted by Gasteiger charge is 2.25. The van der Waals surface area contributed by atoms with Crippen molar-refractivity contribution in [2.24, 2.45) is 0 Å². The number of phosphoric ester groups is 1. The van der Waals surface area contributed by atoms with Crippen molar-refractivity contribution in [3.63, 3.8) is 0 Å². The Hall–Kier alpha value is -2.29. The lowest BCUT2D eigenvalue weighted by atomic mass is 10.1. The zero-order valence-corrected chi connectivity index (χ0v) is 14.8. The van der Waals surface area contributed by atoms with Crippen LogP contribution < -0.4 is 15.6 Å². The summed E-state index contributed by atoms with van der Waals surface area (Å²) < 4.78 is 20.2. The number of aliphatic carboxylic acids is 1. The molecule has 10 nitrogen and oxygen atoms in total. The number of nitrogen functional groups attached to an aromatic ring is 1. The van der Waals surface area contributed by atoms with Crippen LogP contribution in [-0.4, -0.2) is 38.6 Å². The molecule has 1 unspecified atom stereocenters. The molecule has 11 heteroatoms. The first kappa shape index (κ1) is 20.8. The molecule has 0 spiro atoms. The molecule has 25 heavy (non-hydrogen) atoms. The smallest absolute Gasteiger partial charge is 0.480 e. The van der Waals surface area contributed by atoms with Gasteiger partial charge in [-0.25, -0.2) is 14.2 Å². The lowest BCUT2D eigenvalue weighted by Crippen LogP contribution is -2.44. The van der Waals surface area contributed by atoms with Crippen molar-refractivity contribution in [1.29, 1.82) is 0 Å². The van der Waals surface area contributed by atoms with Crippen molar-refractivity contribution in [2.75, 3.05) is 5.73 Å². The molecule has 1 atom stereocenters. The van der Waals surface area contributed by atoms with Gasteiger partial charge in [-0.05, 0) is 38.5 Å². The number of carbonyl (C=O) groups is 2. The van der Waals surface area contributed by atoms with Crippen LogP contribution in [0.15, 0.2) is 18.2 Å². The van der Waals surface area contributed by atoms with Crippen LogP contribution >= 0.6 is 7.82 Å². The van der Waals surface area contributed by atoms with E-state index >= 15 is 0 Å². The fraction of sp³-hybridized carbons (Fsp3) is 0.429. The van der Waals surface area contributed by atoms with Gasteiger partial charge in [-0.3, -0.25) is 9.79 Å². The fourth-order valence-corrected chi connectivity index (χ4v) is 2.24. The summed E-state index contributed by atoms with van der Waals surface area (Å²) in [4.78, 5) is 40.6. The average Bonchev–Trinajstić information content (AvgIpc) is 2.37. The van der Waals surface area contributed by atoms with Crippen molar-refractivity contribution in [3.05, 3.63) is 23.8 Å². The number of nitrogens with one attached hydrogen (secondary N) is 1. The predicted octanol–water partition coefficient (Wildman–Crippen LogP) is 1.26. The summed E-state index contributed by atoms with van der Waals surface area (Å²) in [5.74, 6) is -1.51. The Kier molecular flexibility index (Phi) is 6.42. The third kappa shape index (κ3) is 7.88. The molecule has 0 aliphatic heterocycles. The van der Waals surface area contributed by atoms with Crippen LogP contribution in [0.25, 0.3) is 0 Å². The molecule has 0 heterocycles. The van der Waals surface area contributed by atoms with Gasteiger partial charge in [0, 0.05) is 6.42 Å². The largest absolute Gasteiger partial charge is 0.524 e. The standard InChI is InChI=1S/C14H21N2O8P/c1-14(2,3)23-13(19)16-10(12(17)18)7-8-4-5-11(9(15)6-8)24-25(20,21)22/h4-6,10H,7,15H2,1-3H3,(H,16,19)(H,17,18)(H2,20,21,22). The summed E-state index contributed by atoms with van der Waals surface area (Å²) in [7, 11) is -4.76. The second-order valence-electron chi connectivity index (χ2n) is 6.20. The number of rotatable bonds is 6. The van der Waals surface area contributed by atoms with Crippen LogP contribution in [0.3, 0.4) is 0 Å². The first-order chi connectivity index (χ1) is 11.3. The highest BCUT2D eigenvalue weighted by Crippen LogP contribution is 2.40. The molecule has 0 bridgehead atoms. The van der Waals surface area contributed by atoms with Crippen molar-refractivity contribution >= 4 is 25.6 Å². The van der Waals surface area contributed by atoms with Gasteiger partial charge in [-0.15, -0.1) is 0 Å². The van der Waals surface area contributed by atoms with E-state index in [0.29, 0.717) is 5.56 Å². The second kappa shape index (κ2) is 7.73. The van der Waals surface area contributed by atoms with E-state index in [0.717, 1.165) is 0 Å². The van der Waals surface area contributed by atoms with Gasteiger partial charge in [0.2, 0.25) is 0 Å². The molecule has 1 aromatic rings. The maximum atomic E-state index is 11.7. The number of hydrogen-bond acceptors (Lipinski definition) is 6. The maximum Gasteiger partial charge on any atom is 0.524 e. The number of ether oxygens (including phenoxy) is 1. The van der Waals surface area contributed by atoms with Gasteiger partial charge >= 0.3 is 19.9 Å². The minimum Gasteiger partial charge on any atom is -0.480 e. The molecule has 0 aliphatic carbocycles. The van der Waals surface area contributed by atoms with Crippen LogP contribution in [0.4, 0.5) is 10.5 Å². The van der Waals surface area contributed by atoms with E-state index in [9.17, 15) is 19.3 Å². The Bertz CT molecular complexity index is 695. The number of nitrogens with two attached hydrogens (primary N) is 1. The van der Waals surface area contributed by atoms with Gasteiger partial charge in [0.25, 0.3) is 0 Å². The summed E-state index contributed by atoms with van der Waals surface area (Å²) >= 11 is 0. The van der Waals surface area contributed by atoms with E-state index in [1.807, 2.05) is 0 Å². The van der Waals surface area contributed by atoms with Crippen molar-refractivity contribution in [2.45, 2.75) is 38.8 Å². The average molecular weight is 376 g/mol. The summed E-state index contributed by atoms with van der Waals surface area (Å²) in [6.45, 7) is 4.92. The van der Waals surface area contributed by atoms with Crippen molar-refractivity contribution < 1.29 is 38.3 Å². The first-order valence-electron chi connectivity index (χ1n) is 7.13. The third-order valence-electron chi connectivity index (χ3n) is 2.72. The summed E-state index contributed by atoms with van der Waals surface area (Å²) in [6.07, 6.45) is -0.996. The minimum atomic E-state index is -4.76. The lowest BCUT2D eigenvalue weighted by molar-refractivity contribution is -0.139. The van der Waals surface area contributed by atoms with Crippen LogP contribution in [0.5, 0.6) is 5.75 Å². The van der Waals surface area contributed by atoms with E-state index in [4.69, 9.17) is 20.3 Å². The zero-order valence-electron chi connectivity index (χ0n) is 13.9. The van der Waals surface area contributed by atoms with Gasteiger partial charge in [-0.2, -0.15) is 0 Å². The Morgan fingerprint density at radius 2 is 1.92 bits per heavy atom. The number of phosphoric acid groups is 1. The normalized spacial score (nSPS) is 13.0. The Balaban J connectivity index is 2.85. The molecule has 6 N–H and O–H groups in total. The molecule has 1 aromatic carbocycles. The predicted molar refractivity (Wildman–Crippen MR) is 88.0 cm³/mol. The number of hydrogen-bond donors (Lipinski definition) is 5. The van der Waals surface area contributed by atoms with E-state index in [1.54, 1.807) is 20.8 Å². The van der Waals surface area contributed by atoms with E-state index in [1.165, 1.54) is 18.2 Å². The Morgan fingerprint density at radius 3 is 2.36 bits per heavy atom. The molecular formula is C14H21N2O8P. The number of carboxylic acids is 1. The van der Waals surface area contributed by atoms with E-state index < -0.39 is 31.5 Å². The number of benzene rings is 1. The molecule has 1 amide bonds.